The van der Waals surface area contributed by atoms with Crippen molar-refractivity contribution >= 4 is 27.2 Å². The van der Waals surface area contributed by atoms with Crippen molar-refractivity contribution in [3.8, 4) is 0 Å². The van der Waals surface area contributed by atoms with Crippen molar-refractivity contribution in [1.29, 1.82) is 0 Å². The Kier molecular flexibility index (Phi) is 8.68. The van der Waals surface area contributed by atoms with E-state index in [1.54, 1.807) is 0 Å². The van der Waals surface area contributed by atoms with Gasteiger partial charge in [0.05, 0.1) is 26.9 Å². The second-order valence-corrected chi connectivity index (χ2v) is 5.83. The van der Waals surface area contributed by atoms with Gasteiger partial charge in [-0.25, -0.2) is 8.42 Å². The lowest BCUT2D eigenvalue weighted by Crippen LogP contribution is -2.11. The molecule has 0 aliphatic heterocycles. The number of benzene rings is 1. The molecule has 1 aromatic rings. The van der Waals surface area contributed by atoms with Crippen molar-refractivity contribution in [2.75, 3.05) is 19.8 Å². The summed E-state index contributed by atoms with van der Waals surface area (Å²) in [6, 6.07) is 0.329. The van der Waals surface area contributed by atoms with Gasteiger partial charge in [0.2, 0.25) is 4.90 Å². The molecule has 26 heavy (non-hydrogen) atoms. The summed E-state index contributed by atoms with van der Waals surface area (Å²) in [6.45, 7) is 9.76. The van der Waals surface area contributed by atoms with Gasteiger partial charge in [0, 0.05) is 20.8 Å². The number of non-ortho nitro benzene ring substituents is 1. The molecule has 0 spiro atoms. The van der Waals surface area contributed by atoms with Crippen LogP contribution in [0.4, 0.5) is 17.1 Å². The van der Waals surface area contributed by atoms with E-state index in [0.717, 1.165) is 19.8 Å². The summed E-state index contributed by atoms with van der Waals surface area (Å²) in [5, 5.41) is 31.6. The maximum Gasteiger partial charge on any atom is 0.300 e. The fourth-order valence-electron chi connectivity index (χ4n) is 1.83. The average molecular weight is 395 g/mol. The molecule has 1 rings (SSSR count). The van der Waals surface area contributed by atoms with E-state index < -0.39 is 46.8 Å². The van der Waals surface area contributed by atoms with Gasteiger partial charge in [0.15, 0.2) is 0 Å². The summed E-state index contributed by atoms with van der Waals surface area (Å²) in [4.78, 5) is 25.8. The molecule has 0 bridgehead atoms. The summed E-state index contributed by atoms with van der Waals surface area (Å²) in [5.74, 6) is 0. The lowest BCUT2D eigenvalue weighted by molar-refractivity contribution is -0.407. The first-order chi connectivity index (χ1) is 11.9. The minimum Gasteiger partial charge on any atom is -0.744 e. The van der Waals surface area contributed by atoms with Crippen LogP contribution < -0.4 is 0 Å². The fourth-order valence-corrected chi connectivity index (χ4v) is 2.61. The Hall–Kier alpha value is -2.71. The summed E-state index contributed by atoms with van der Waals surface area (Å²) >= 11 is 0. The molecule has 14 heteroatoms. The van der Waals surface area contributed by atoms with Crippen LogP contribution in [0.25, 0.3) is 0 Å². The van der Waals surface area contributed by atoms with Crippen LogP contribution in [0.3, 0.4) is 0 Å². The van der Waals surface area contributed by atoms with Crippen LogP contribution in [0.1, 0.15) is 20.8 Å². The molecule has 0 aliphatic rings. The summed E-state index contributed by atoms with van der Waals surface area (Å²) in [5.41, 5.74) is -4.11. The number of hydrogen-bond donors (Lipinski definition) is 0. The Morgan fingerprint density at radius 3 is 1.35 bits per heavy atom. The van der Waals surface area contributed by atoms with Gasteiger partial charge < -0.3 is 8.92 Å². The summed E-state index contributed by atoms with van der Waals surface area (Å²) < 4.78 is 35.6. The van der Waals surface area contributed by atoms with Crippen molar-refractivity contribution < 1.29 is 32.1 Å². The third-order valence-electron chi connectivity index (χ3n) is 3.11. The molecule has 0 N–H and O–H groups in total. The van der Waals surface area contributed by atoms with Crippen LogP contribution in [0.2, 0.25) is 0 Å². The maximum absolute atomic E-state index is 10.8. The molecule has 0 fully saturated rings. The largest absolute Gasteiger partial charge is 0.744 e. The van der Waals surface area contributed by atoms with Gasteiger partial charge in [0.25, 0.3) is 5.69 Å². The first-order valence-corrected chi connectivity index (χ1v) is 8.52. The van der Waals surface area contributed by atoms with Crippen LogP contribution >= 0.6 is 0 Å². The van der Waals surface area contributed by atoms with Crippen LogP contribution in [-0.4, -0.2) is 47.6 Å². The highest BCUT2D eigenvalue weighted by Gasteiger charge is 2.34. The molecule has 146 valence electrons. The Morgan fingerprint density at radius 1 is 0.846 bits per heavy atom. The Labute approximate surface area is 148 Å². The molecular formula is C12H17N3O10S. The third-order valence-corrected chi connectivity index (χ3v) is 4.03. The molecule has 0 unspecified atom stereocenters. The molecule has 0 atom stereocenters. The highest BCUT2D eigenvalue weighted by Crippen LogP contribution is 2.36. The van der Waals surface area contributed by atoms with Crippen molar-refractivity contribution in [2.24, 2.45) is 0 Å². The van der Waals surface area contributed by atoms with E-state index in [0.29, 0.717) is 0 Å². The number of rotatable bonds is 7. The van der Waals surface area contributed by atoms with E-state index in [-0.39, 0.29) is 12.1 Å². The molecular weight excluding hydrogens is 378 g/mol. The van der Waals surface area contributed by atoms with Gasteiger partial charge in [-0.3, -0.25) is 30.3 Å². The van der Waals surface area contributed by atoms with E-state index >= 15 is 0 Å². The number of nitro benzene ring substituents is 3. The highest BCUT2D eigenvalue weighted by molar-refractivity contribution is 7.86. The van der Waals surface area contributed by atoms with Crippen molar-refractivity contribution in [1.82, 2.24) is 0 Å². The highest BCUT2D eigenvalue weighted by atomic mass is 32.2. The second-order valence-electron chi connectivity index (χ2n) is 4.52. The quantitative estimate of drug-likeness (QED) is 0.287. The standard InChI is InChI=1S/C6H3N3O9S.C6H15O/c10-7(11)3-1-4(8(12)13)6(19(16,17)18)5(2-3)9(14)15;1-4-7(5-2)6-3/h1-2H,(H,16,17,18);4-6H2,1-3H3/q;+1/p-1. The lowest BCUT2D eigenvalue weighted by atomic mass is 10.2. The molecule has 0 saturated carbocycles. The number of hydrogen-bond acceptors (Lipinski definition) is 9. The van der Waals surface area contributed by atoms with E-state index in [4.69, 9.17) is 0 Å². The summed E-state index contributed by atoms with van der Waals surface area (Å²) in [7, 11) is -5.55. The van der Waals surface area contributed by atoms with Gasteiger partial charge >= 0.3 is 11.4 Å². The third kappa shape index (κ3) is 6.30. The van der Waals surface area contributed by atoms with Crippen LogP contribution in [0.5, 0.6) is 0 Å². The van der Waals surface area contributed by atoms with Crippen LogP contribution in [0, 0.1) is 30.3 Å². The van der Waals surface area contributed by atoms with E-state index in [9.17, 15) is 43.3 Å². The molecule has 0 heterocycles. The van der Waals surface area contributed by atoms with Gasteiger partial charge in [-0.1, -0.05) is 0 Å². The smallest absolute Gasteiger partial charge is 0.300 e. The van der Waals surface area contributed by atoms with Gasteiger partial charge in [-0.2, -0.15) is 0 Å². The zero-order valence-corrected chi connectivity index (χ0v) is 14.9. The Bertz CT molecular complexity index is 748. The molecule has 0 aliphatic carbocycles. The lowest BCUT2D eigenvalue weighted by Gasteiger charge is -2.11. The van der Waals surface area contributed by atoms with Crippen LogP contribution in [-0.2, 0) is 14.5 Å². The number of nitrogens with zero attached hydrogens (tertiary/aromatic N) is 3. The molecule has 0 radical (unpaired) electrons. The molecule has 0 saturated heterocycles. The van der Waals surface area contributed by atoms with E-state index in [1.165, 1.54) is 0 Å². The Morgan fingerprint density at radius 2 is 1.19 bits per heavy atom. The predicted molar refractivity (Wildman–Crippen MR) is 87.1 cm³/mol. The Balaban J connectivity index is 0.000000758. The minimum absolute atomic E-state index is 0.164. The molecule has 0 aromatic heterocycles. The maximum atomic E-state index is 10.8. The second kappa shape index (κ2) is 9.69. The molecule has 13 nitrogen and oxygen atoms in total. The van der Waals surface area contributed by atoms with Crippen LogP contribution in [0.15, 0.2) is 17.0 Å². The summed E-state index contributed by atoms with van der Waals surface area (Å²) in [6.07, 6.45) is 0. The normalized spacial score (nSPS) is 10.8. The van der Waals surface area contributed by atoms with E-state index in [2.05, 4.69) is 25.1 Å². The monoisotopic (exact) mass is 395 g/mol. The molecule has 1 aromatic carbocycles. The zero-order valence-electron chi connectivity index (χ0n) is 14.1. The number of nitro groups is 3. The first-order valence-electron chi connectivity index (χ1n) is 7.11. The first kappa shape index (κ1) is 23.3. The van der Waals surface area contributed by atoms with Gasteiger partial charge in [-0.15, -0.1) is 0 Å². The average Bonchev–Trinajstić information content (AvgIpc) is 2.54. The van der Waals surface area contributed by atoms with Gasteiger partial charge in [0.1, 0.15) is 29.9 Å². The zero-order chi connectivity index (χ0) is 20.7. The van der Waals surface area contributed by atoms with Crippen molar-refractivity contribution in [3.05, 3.63) is 42.5 Å². The SMILES string of the molecule is CC[O+](CC)CC.O=[N+]([O-])c1cc([N+](=O)[O-])c(S(=O)(=O)[O-])c([N+](=O)[O-])c1. The molecule has 0 amide bonds. The van der Waals surface area contributed by atoms with Crippen molar-refractivity contribution in [3.63, 3.8) is 0 Å². The minimum atomic E-state index is -5.55. The van der Waals surface area contributed by atoms with Gasteiger partial charge in [-0.05, 0) is 0 Å². The fraction of sp³-hybridized carbons (Fsp3) is 0.500. The topological polar surface area (TPSA) is 189 Å². The van der Waals surface area contributed by atoms with Crippen molar-refractivity contribution in [2.45, 2.75) is 25.7 Å². The predicted octanol–water partition coefficient (Wildman–Crippen LogP) is 1.91. The van der Waals surface area contributed by atoms with E-state index in [1.807, 2.05) is 0 Å².